The molecule has 24 heavy (non-hydrogen) atoms. The van der Waals surface area contributed by atoms with Crippen molar-refractivity contribution in [3.8, 4) is 5.75 Å². The number of hydrogen-bond donors (Lipinski definition) is 1. The van der Waals surface area contributed by atoms with Crippen molar-refractivity contribution in [1.29, 1.82) is 0 Å². The Balaban J connectivity index is 1.50. The molecule has 2 heterocycles. The fourth-order valence-corrected chi connectivity index (χ4v) is 3.39. The number of rotatable bonds is 3. The number of piperazine rings is 1. The van der Waals surface area contributed by atoms with E-state index in [0.717, 1.165) is 49.3 Å². The van der Waals surface area contributed by atoms with Gasteiger partial charge in [-0.2, -0.15) is 0 Å². The van der Waals surface area contributed by atoms with Crippen LogP contribution in [0.1, 0.15) is 5.56 Å². The van der Waals surface area contributed by atoms with Gasteiger partial charge in [0.25, 0.3) is 0 Å². The predicted molar refractivity (Wildman–Crippen MR) is 97.3 cm³/mol. The monoisotopic (exact) mass is 319 g/mol. The molecule has 0 atom stereocenters. The van der Waals surface area contributed by atoms with Gasteiger partial charge in [-0.25, -0.2) is 0 Å². The minimum absolute atomic E-state index is 0.303. The molecule has 0 saturated carbocycles. The number of aromatic nitrogens is 1. The summed E-state index contributed by atoms with van der Waals surface area (Å²) < 4.78 is 0. The summed E-state index contributed by atoms with van der Waals surface area (Å²) in [6.07, 6.45) is 1.81. The van der Waals surface area contributed by atoms with E-state index in [2.05, 4.69) is 45.1 Å². The van der Waals surface area contributed by atoms with Gasteiger partial charge in [0.05, 0.1) is 11.2 Å². The molecule has 1 aliphatic heterocycles. The Morgan fingerprint density at radius 2 is 1.71 bits per heavy atom. The molecule has 0 radical (unpaired) electrons. The molecule has 0 aliphatic carbocycles. The van der Waals surface area contributed by atoms with Crippen molar-refractivity contribution >= 4 is 16.6 Å². The van der Waals surface area contributed by atoms with Crippen LogP contribution in [0.15, 0.2) is 60.8 Å². The molecule has 1 fully saturated rings. The van der Waals surface area contributed by atoms with Crippen LogP contribution in [0.3, 0.4) is 0 Å². The molecule has 1 aromatic heterocycles. The van der Waals surface area contributed by atoms with E-state index in [4.69, 9.17) is 0 Å². The average molecular weight is 319 g/mol. The van der Waals surface area contributed by atoms with E-state index in [0.29, 0.717) is 5.75 Å². The third-order valence-electron chi connectivity index (χ3n) is 4.63. The Morgan fingerprint density at radius 1 is 0.917 bits per heavy atom. The van der Waals surface area contributed by atoms with Gasteiger partial charge in [-0.15, -0.1) is 0 Å². The van der Waals surface area contributed by atoms with Crippen LogP contribution in [0.5, 0.6) is 5.75 Å². The molecule has 4 nitrogen and oxygen atoms in total. The Labute approximate surface area is 142 Å². The van der Waals surface area contributed by atoms with Gasteiger partial charge in [-0.3, -0.25) is 9.88 Å². The van der Waals surface area contributed by atoms with Gasteiger partial charge in [0.1, 0.15) is 5.75 Å². The summed E-state index contributed by atoms with van der Waals surface area (Å²) in [7, 11) is 0. The number of aromatic hydroxyl groups is 1. The third kappa shape index (κ3) is 3.05. The summed E-state index contributed by atoms with van der Waals surface area (Å²) in [5.41, 5.74) is 3.35. The Bertz CT molecular complexity index is 827. The van der Waals surface area contributed by atoms with Gasteiger partial charge >= 0.3 is 0 Å². The van der Waals surface area contributed by atoms with Gasteiger partial charge in [0.15, 0.2) is 0 Å². The number of fused-ring (bicyclic) bond motifs is 1. The highest BCUT2D eigenvalue weighted by atomic mass is 16.3. The van der Waals surface area contributed by atoms with E-state index in [1.54, 1.807) is 6.07 Å². The molecule has 2 aromatic carbocycles. The average Bonchev–Trinajstić information content (AvgIpc) is 2.62. The zero-order valence-corrected chi connectivity index (χ0v) is 13.6. The molecular weight excluding hydrogens is 298 g/mol. The maximum Gasteiger partial charge on any atom is 0.118 e. The number of benzene rings is 2. The Morgan fingerprint density at radius 3 is 2.50 bits per heavy atom. The minimum atomic E-state index is 0.303. The van der Waals surface area contributed by atoms with E-state index >= 15 is 0 Å². The van der Waals surface area contributed by atoms with Crippen LogP contribution in [0.25, 0.3) is 10.9 Å². The number of pyridine rings is 1. The summed E-state index contributed by atoms with van der Waals surface area (Å²) in [5, 5.41) is 11.0. The van der Waals surface area contributed by atoms with Crippen LogP contribution in [-0.2, 0) is 6.54 Å². The van der Waals surface area contributed by atoms with E-state index in [1.165, 1.54) is 5.56 Å². The third-order valence-corrected chi connectivity index (χ3v) is 4.63. The zero-order valence-electron chi connectivity index (χ0n) is 13.6. The molecule has 4 rings (SSSR count). The summed E-state index contributed by atoms with van der Waals surface area (Å²) in [6, 6.07) is 18.1. The molecule has 3 aromatic rings. The second kappa shape index (κ2) is 6.49. The van der Waals surface area contributed by atoms with Gasteiger partial charge < -0.3 is 10.0 Å². The highest BCUT2D eigenvalue weighted by molar-refractivity contribution is 5.92. The number of phenolic OH excluding ortho intramolecular Hbond substituents is 1. The number of phenols is 1. The lowest BCUT2D eigenvalue weighted by atomic mass is 10.1. The van der Waals surface area contributed by atoms with Crippen LogP contribution < -0.4 is 4.90 Å². The van der Waals surface area contributed by atoms with Crippen molar-refractivity contribution in [1.82, 2.24) is 9.88 Å². The first-order chi connectivity index (χ1) is 11.8. The second-order valence-corrected chi connectivity index (χ2v) is 6.29. The van der Waals surface area contributed by atoms with Gasteiger partial charge in [-0.1, -0.05) is 36.4 Å². The lowest BCUT2D eigenvalue weighted by molar-refractivity contribution is 0.250. The van der Waals surface area contributed by atoms with Crippen molar-refractivity contribution in [2.45, 2.75) is 6.54 Å². The molecular formula is C20H21N3O. The maximum atomic E-state index is 10.0. The first kappa shape index (κ1) is 15.0. The normalized spacial score (nSPS) is 15.8. The van der Waals surface area contributed by atoms with E-state index < -0.39 is 0 Å². The summed E-state index contributed by atoms with van der Waals surface area (Å²) in [4.78, 5) is 9.32. The molecule has 1 N–H and O–H groups in total. The number of nitrogens with zero attached hydrogens (tertiary/aromatic N) is 3. The van der Waals surface area contributed by atoms with Crippen molar-refractivity contribution in [3.05, 3.63) is 66.4 Å². The second-order valence-electron chi connectivity index (χ2n) is 6.29. The van der Waals surface area contributed by atoms with Crippen LogP contribution in [0.4, 0.5) is 5.69 Å². The smallest absolute Gasteiger partial charge is 0.118 e. The Hall–Kier alpha value is -2.59. The molecule has 4 heteroatoms. The van der Waals surface area contributed by atoms with Crippen molar-refractivity contribution in [2.24, 2.45) is 0 Å². The minimum Gasteiger partial charge on any atom is -0.508 e. The molecule has 0 spiro atoms. The van der Waals surface area contributed by atoms with E-state index in [9.17, 15) is 5.11 Å². The summed E-state index contributed by atoms with van der Waals surface area (Å²) in [5.74, 6) is 0.303. The fraction of sp³-hybridized carbons (Fsp3) is 0.250. The van der Waals surface area contributed by atoms with Crippen molar-refractivity contribution in [3.63, 3.8) is 0 Å². The van der Waals surface area contributed by atoms with Crippen LogP contribution >= 0.6 is 0 Å². The maximum absolute atomic E-state index is 10.0. The zero-order chi connectivity index (χ0) is 16.4. The highest BCUT2D eigenvalue weighted by Crippen LogP contribution is 2.30. The van der Waals surface area contributed by atoms with Gasteiger partial charge in [0, 0.05) is 50.4 Å². The molecule has 1 saturated heterocycles. The largest absolute Gasteiger partial charge is 0.508 e. The SMILES string of the molecule is Oc1cc(N2CCN(Cc3ccccc3)CC2)c2ncccc2c1. The quantitative estimate of drug-likeness (QED) is 0.804. The molecule has 0 bridgehead atoms. The lowest BCUT2D eigenvalue weighted by Gasteiger charge is -2.36. The predicted octanol–water partition coefficient (Wildman–Crippen LogP) is 3.26. The summed E-state index contributed by atoms with van der Waals surface area (Å²) >= 11 is 0. The van der Waals surface area contributed by atoms with Crippen molar-refractivity contribution < 1.29 is 5.11 Å². The molecule has 1 aliphatic rings. The summed E-state index contributed by atoms with van der Waals surface area (Å²) in [6.45, 7) is 4.91. The van der Waals surface area contributed by atoms with Crippen LogP contribution in [-0.4, -0.2) is 41.2 Å². The lowest BCUT2D eigenvalue weighted by Crippen LogP contribution is -2.46. The van der Waals surface area contributed by atoms with Gasteiger partial charge in [0.2, 0.25) is 0 Å². The van der Waals surface area contributed by atoms with E-state index in [-0.39, 0.29) is 0 Å². The number of hydrogen-bond acceptors (Lipinski definition) is 4. The molecule has 122 valence electrons. The number of anilines is 1. The first-order valence-corrected chi connectivity index (χ1v) is 8.38. The Kier molecular flexibility index (Phi) is 4.05. The van der Waals surface area contributed by atoms with E-state index in [1.807, 2.05) is 24.4 Å². The topological polar surface area (TPSA) is 39.6 Å². The molecule has 0 unspecified atom stereocenters. The highest BCUT2D eigenvalue weighted by Gasteiger charge is 2.19. The standard InChI is InChI=1S/C20H21N3O/c24-18-13-17-7-4-8-21-20(17)19(14-18)23-11-9-22(10-12-23)15-16-5-2-1-3-6-16/h1-8,13-14,24H,9-12,15H2. The van der Waals surface area contributed by atoms with Crippen LogP contribution in [0.2, 0.25) is 0 Å². The van der Waals surface area contributed by atoms with Crippen LogP contribution in [0, 0.1) is 0 Å². The van der Waals surface area contributed by atoms with Crippen molar-refractivity contribution in [2.75, 3.05) is 31.1 Å². The van der Waals surface area contributed by atoms with Gasteiger partial charge in [-0.05, 0) is 17.7 Å². The molecule has 0 amide bonds. The first-order valence-electron chi connectivity index (χ1n) is 8.38. The fourth-order valence-electron chi connectivity index (χ4n) is 3.39.